The van der Waals surface area contributed by atoms with Crippen LogP contribution >= 0.6 is 126 Å². The third-order valence-corrected chi connectivity index (χ3v) is 15.7. The van der Waals surface area contributed by atoms with Crippen LogP contribution in [0.4, 0.5) is 0 Å². The van der Waals surface area contributed by atoms with Gasteiger partial charge in [-0.15, -0.1) is 0 Å². The Labute approximate surface area is 681 Å². The fourth-order valence-corrected chi connectivity index (χ4v) is 8.69. The van der Waals surface area contributed by atoms with Crippen molar-refractivity contribution in [3.8, 4) is 0 Å². The predicted octanol–water partition coefficient (Wildman–Crippen LogP) is 3.82. The molecule has 1 heterocycles. The van der Waals surface area contributed by atoms with Crippen molar-refractivity contribution in [2.24, 2.45) is 16.2 Å². The van der Waals surface area contributed by atoms with E-state index in [1.54, 1.807) is 13.8 Å². The second-order valence-electron chi connectivity index (χ2n) is 22.6. The molecule has 0 amide bonds. The van der Waals surface area contributed by atoms with Crippen LogP contribution in [0.5, 0.6) is 0 Å². The fourth-order valence-electron chi connectivity index (χ4n) is 7.14. The summed E-state index contributed by atoms with van der Waals surface area (Å²) in [6.07, 6.45) is 3.48. The molecule has 0 saturated heterocycles. The summed E-state index contributed by atoms with van der Waals surface area (Å²) in [5.41, 5.74) is -6.72. The molecule has 34 nitrogen and oxygen atoms in total. The smallest absolute Gasteiger partial charge is 0.341 e. The number of ether oxygens (including phenoxy) is 14. The van der Waals surface area contributed by atoms with Gasteiger partial charge in [-0.05, 0) is 25.7 Å². The number of rotatable bonds is 53. The van der Waals surface area contributed by atoms with Gasteiger partial charge in [-0.2, -0.15) is 126 Å². The van der Waals surface area contributed by atoms with Gasteiger partial charge >= 0.3 is 101 Å². The molecule has 0 radical (unpaired) electrons. The Hall–Kier alpha value is -5.51. The molecular formula is C64H103N3O31S10. The molecule has 44 heteroatoms. The molecule has 0 N–H and O–H groups in total. The minimum absolute atomic E-state index is 0.0175. The number of hydrogen-bond acceptors (Lipinski definition) is 41. The second-order valence-corrected chi connectivity index (χ2v) is 26.7. The summed E-state index contributed by atoms with van der Waals surface area (Å²) in [7, 11) is 0. The van der Waals surface area contributed by atoms with Crippen molar-refractivity contribution < 1.29 is 133 Å². The number of esters is 14. The van der Waals surface area contributed by atoms with Crippen LogP contribution in [-0.2, 0) is 154 Å². The number of nitrogens with zero attached hydrogens (tertiary/aromatic N) is 3. The highest BCUT2D eigenvalue weighted by Crippen LogP contribution is 2.27. The normalized spacial score (nSPS) is 10.8. The van der Waals surface area contributed by atoms with Crippen molar-refractivity contribution in [2.45, 2.75) is 151 Å². The Morgan fingerprint density at radius 3 is 0.583 bits per heavy atom. The second kappa shape index (κ2) is 65.1. The third kappa shape index (κ3) is 50.4. The Balaban J connectivity index is -0.00000137. The molecule has 1 aromatic heterocycles. The monoisotopic (exact) mass is 1730 g/mol. The van der Waals surface area contributed by atoms with E-state index in [1.165, 1.54) is 0 Å². The average molecular weight is 1730 g/mol. The summed E-state index contributed by atoms with van der Waals surface area (Å²) in [6, 6.07) is 0. The van der Waals surface area contributed by atoms with Crippen LogP contribution in [-0.4, -0.2) is 227 Å². The van der Waals surface area contributed by atoms with Gasteiger partial charge in [0, 0.05) is 66.0 Å². The summed E-state index contributed by atoms with van der Waals surface area (Å²) in [5.74, 6) is -6.08. The Morgan fingerprint density at radius 1 is 0.241 bits per heavy atom. The van der Waals surface area contributed by atoms with E-state index in [4.69, 9.17) is 66.3 Å². The molecule has 1 aromatic rings. The van der Waals surface area contributed by atoms with Crippen LogP contribution in [0.15, 0.2) is 14.4 Å². The van der Waals surface area contributed by atoms with Crippen molar-refractivity contribution in [3.63, 3.8) is 0 Å². The van der Waals surface area contributed by atoms with E-state index in [9.17, 15) is 81.5 Å². The van der Waals surface area contributed by atoms with Crippen LogP contribution in [0.25, 0.3) is 0 Å². The first-order chi connectivity index (χ1) is 51.3. The Kier molecular flexibility index (Phi) is 64.3. The lowest BCUT2D eigenvalue weighted by Crippen LogP contribution is -2.55. The number of aromatic nitrogens is 3. The van der Waals surface area contributed by atoms with Crippen molar-refractivity contribution in [1.29, 1.82) is 0 Å². The molecule has 1 rings (SSSR count). The van der Waals surface area contributed by atoms with Gasteiger partial charge in [0.15, 0.2) is 20.2 Å². The number of carbonyl (C=O) groups excluding carboxylic acids is 14. The first-order valence-electron chi connectivity index (χ1n) is 33.5. The number of thiol groups is 10. The van der Waals surface area contributed by atoms with Crippen LogP contribution in [0.3, 0.4) is 0 Å². The first kappa shape index (κ1) is 107. The highest BCUT2D eigenvalue weighted by Gasteiger charge is 2.40. The van der Waals surface area contributed by atoms with Crippen molar-refractivity contribution in [1.82, 2.24) is 13.7 Å². The minimum atomic E-state index is -1.25. The third-order valence-electron chi connectivity index (χ3n) is 13.4. The molecule has 0 atom stereocenters. The lowest BCUT2D eigenvalue weighted by molar-refractivity contribution is -0.172. The van der Waals surface area contributed by atoms with E-state index in [2.05, 4.69) is 126 Å². The van der Waals surface area contributed by atoms with E-state index in [1.807, 2.05) is 20.8 Å². The lowest BCUT2D eigenvalue weighted by atomic mass is 9.88. The van der Waals surface area contributed by atoms with Gasteiger partial charge in [-0.25, -0.2) is 28.1 Å². The van der Waals surface area contributed by atoms with E-state index in [-0.39, 0.29) is 184 Å². The number of carbonyl (C=O) groups is 14. The molecular weight excluding hydrogens is 1630 g/mol. The zero-order valence-corrected chi connectivity index (χ0v) is 70.0. The SMILES string of the molecule is CCC(=O)OCC(COC(=O)CS)(COC(=O)CS)COC(=O)CS.CCCC(=O)OCC(CC)(COC(=O)CCS)COC(=O)CCS.CCCC(=O)OCC(COC(=O)CCS)(COC(=O)CCS)COC(=O)CCS.CCCC(=O)OCn1c(=O)n(COC(=O)CCS)c(=O)n(COC(=O)CCS)c1=O. The van der Waals surface area contributed by atoms with Crippen molar-refractivity contribution >= 4 is 210 Å². The minimum Gasteiger partial charge on any atom is -0.465 e. The quantitative estimate of drug-likeness (QED) is 0.0252. The molecule has 0 unspecified atom stereocenters. The van der Waals surface area contributed by atoms with Gasteiger partial charge in [0.1, 0.15) is 83.5 Å². The Morgan fingerprint density at radius 2 is 0.407 bits per heavy atom. The molecule has 0 aliphatic rings. The van der Waals surface area contributed by atoms with Crippen LogP contribution in [0.2, 0.25) is 0 Å². The maximum atomic E-state index is 12.5. The van der Waals surface area contributed by atoms with Crippen LogP contribution in [0, 0.1) is 16.2 Å². The summed E-state index contributed by atoms with van der Waals surface area (Å²) >= 11 is 39.0. The maximum Gasteiger partial charge on any atom is 0.341 e. The molecule has 0 aromatic carbocycles. The fraction of sp³-hybridized carbons (Fsp3) is 0.734. The average Bonchev–Trinajstić information content (AvgIpc) is 0.784. The van der Waals surface area contributed by atoms with Gasteiger partial charge in [-0.3, -0.25) is 67.1 Å². The highest BCUT2D eigenvalue weighted by molar-refractivity contribution is 7.82. The standard InChI is InChI=1S/C18H30O8S3.C16H23N3O9S2.C16H28O6S2.C14H22O8S3/c1-2-3-14(19)23-10-18(11-24-15(20)4-7-27,12-25-16(21)5-8-28)13-26-17(22)6-9-29;1-2-3-11(20)26-8-17-14(23)18(9-27-12(21)4-6-29)16(25)19(15(17)24)10-28-13(22)5-7-30;1-3-5-13(17)20-10-16(4-2,11-21-14(18)6-8-23)12-22-15(19)7-9-24;1-2-10(15)19-6-14(7-20-11(16)3-23,8-21-12(17)4-24)9-22-13(18)5-25/h27-29H,2-13H2,1H3;29-30H,2-10H2,1H3;23-24H,3-12H2,1-2H3;23-25H,2-9H2,1H3. The van der Waals surface area contributed by atoms with Crippen LogP contribution < -0.4 is 17.1 Å². The summed E-state index contributed by atoms with van der Waals surface area (Å²) in [5, 5.41) is 0. The molecule has 0 saturated carbocycles. The molecule has 620 valence electrons. The van der Waals surface area contributed by atoms with Gasteiger partial charge in [0.2, 0.25) is 0 Å². The molecule has 0 bridgehead atoms. The maximum absolute atomic E-state index is 12.5. The summed E-state index contributed by atoms with van der Waals surface area (Å²) in [6.45, 7) is 4.40. The van der Waals surface area contributed by atoms with Gasteiger partial charge in [-0.1, -0.05) is 34.6 Å². The van der Waals surface area contributed by atoms with Gasteiger partial charge < -0.3 is 66.3 Å². The molecule has 0 spiro atoms. The van der Waals surface area contributed by atoms with Crippen LogP contribution in [0.1, 0.15) is 131 Å². The largest absolute Gasteiger partial charge is 0.465 e. The summed E-state index contributed by atoms with van der Waals surface area (Å²) in [4.78, 5) is 200. The van der Waals surface area contributed by atoms with E-state index < -0.39 is 119 Å². The predicted molar refractivity (Wildman–Crippen MR) is 422 cm³/mol. The van der Waals surface area contributed by atoms with Crippen molar-refractivity contribution in [2.75, 3.05) is 130 Å². The topological polar surface area (TPSA) is 434 Å². The molecule has 108 heavy (non-hydrogen) atoms. The molecule has 0 aliphatic heterocycles. The first-order valence-corrected chi connectivity index (χ1v) is 39.9. The molecule has 0 aliphatic carbocycles. The zero-order valence-electron chi connectivity index (χ0n) is 61.0. The van der Waals surface area contributed by atoms with Crippen molar-refractivity contribution in [3.05, 3.63) is 31.5 Å². The van der Waals surface area contributed by atoms with E-state index in [0.717, 1.165) is 0 Å². The lowest BCUT2D eigenvalue weighted by Gasteiger charge is -2.31. The zero-order chi connectivity index (χ0) is 82.5. The van der Waals surface area contributed by atoms with Gasteiger partial charge in [0.05, 0.1) is 67.6 Å². The van der Waals surface area contributed by atoms with E-state index in [0.29, 0.717) is 74.6 Å². The number of hydrogen-bond donors (Lipinski definition) is 10. The molecule has 0 fully saturated rings. The summed E-state index contributed by atoms with van der Waals surface area (Å²) < 4.78 is 72.7. The highest BCUT2D eigenvalue weighted by atomic mass is 32.1. The van der Waals surface area contributed by atoms with Gasteiger partial charge in [0.25, 0.3) is 0 Å². The van der Waals surface area contributed by atoms with E-state index >= 15 is 0 Å². The Bertz CT molecular complexity index is 2730.